The predicted molar refractivity (Wildman–Crippen MR) is 88.5 cm³/mol. The Bertz CT molecular complexity index is 1100. The van der Waals surface area contributed by atoms with Gasteiger partial charge in [0, 0.05) is 24.0 Å². The van der Waals surface area contributed by atoms with Crippen molar-refractivity contribution >= 4 is 32.7 Å². The number of ether oxygens (including phenoxy) is 1. The van der Waals surface area contributed by atoms with E-state index in [9.17, 15) is 4.79 Å². The van der Waals surface area contributed by atoms with Crippen molar-refractivity contribution in [1.82, 2.24) is 9.55 Å². The molecule has 4 rings (SSSR count). The molecule has 0 amide bonds. The molecule has 0 atom stereocenters. The van der Waals surface area contributed by atoms with Gasteiger partial charge in [-0.25, -0.2) is 0 Å². The van der Waals surface area contributed by atoms with Crippen LogP contribution in [0.4, 0.5) is 0 Å². The number of pyridine rings is 2. The van der Waals surface area contributed by atoms with Crippen molar-refractivity contribution in [3.8, 4) is 5.75 Å². The summed E-state index contributed by atoms with van der Waals surface area (Å²) in [6.45, 7) is 0. The topological polar surface area (TPSA) is 44.1 Å². The van der Waals surface area contributed by atoms with E-state index in [4.69, 9.17) is 4.74 Å². The molecular weight excluding hydrogens is 276 g/mol. The number of hydrogen-bond acceptors (Lipinski definition) is 3. The van der Waals surface area contributed by atoms with Crippen molar-refractivity contribution < 1.29 is 4.74 Å². The Labute approximate surface area is 126 Å². The Morgan fingerprint density at radius 2 is 1.95 bits per heavy atom. The third-order valence-corrected chi connectivity index (χ3v) is 4.13. The fraction of sp³-hybridized carbons (Fsp3) is 0.111. The Hall–Kier alpha value is -2.88. The number of methoxy groups -OCH3 is 1. The van der Waals surface area contributed by atoms with Crippen LogP contribution in [-0.2, 0) is 7.05 Å². The van der Waals surface area contributed by atoms with E-state index in [1.807, 2.05) is 54.1 Å². The second-order valence-corrected chi connectivity index (χ2v) is 5.28. The molecule has 2 aromatic carbocycles. The molecule has 0 aliphatic heterocycles. The van der Waals surface area contributed by atoms with E-state index in [0.717, 1.165) is 21.9 Å². The molecule has 0 bridgehead atoms. The summed E-state index contributed by atoms with van der Waals surface area (Å²) in [5.74, 6) is 0.585. The number of benzene rings is 2. The minimum Gasteiger partial charge on any atom is -0.496 e. The smallest absolute Gasteiger partial charge is 0.201 e. The molecule has 2 heterocycles. The lowest BCUT2D eigenvalue weighted by Gasteiger charge is -2.14. The summed E-state index contributed by atoms with van der Waals surface area (Å²) < 4.78 is 7.50. The van der Waals surface area contributed by atoms with E-state index in [0.29, 0.717) is 16.5 Å². The summed E-state index contributed by atoms with van der Waals surface area (Å²) in [6, 6.07) is 13.3. The summed E-state index contributed by atoms with van der Waals surface area (Å²) in [6.07, 6.45) is 1.74. The minimum atomic E-state index is -0.0203. The van der Waals surface area contributed by atoms with Crippen LogP contribution in [0.2, 0.25) is 0 Å². The second-order valence-electron chi connectivity index (χ2n) is 5.28. The molecule has 4 aromatic rings. The van der Waals surface area contributed by atoms with Crippen LogP contribution in [0.3, 0.4) is 0 Å². The summed E-state index contributed by atoms with van der Waals surface area (Å²) in [7, 11) is 3.54. The fourth-order valence-electron chi connectivity index (χ4n) is 3.10. The Morgan fingerprint density at radius 3 is 2.77 bits per heavy atom. The zero-order valence-corrected chi connectivity index (χ0v) is 12.3. The molecule has 0 aliphatic rings. The van der Waals surface area contributed by atoms with Crippen molar-refractivity contribution in [2.75, 3.05) is 7.11 Å². The minimum absolute atomic E-state index is 0.0203. The average Bonchev–Trinajstić information content (AvgIpc) is 2.58. The van der Waals surface area contributed by atoms with Gasteiger partial charge < -0.3 is 9.30 Å². The van der Waals surface area contributed by atoms with E-state index < -0.39 is 0 Å². The van der Waals surface area contributed by atoms with Crippen LogP contribution in [-0.4, -0.2) is 16.7 Å². The fourth-order valence-corrected chi connectivity index (χ4v) is 3.10. The molecule has 0 fully saturated rings. The molecule has 108 valence electrons. The molecule has 0 saturated carbocycles. The molecule has 0 aliphatic carbocycles. The van der Waals surface area contributed by atoms with Gasteiger partial charge in [0.05, 0.1) is 29.0 Å². The highest BCUT2D eigenvalue weighted by molar-refractivity contribution is 6.09. The molecule has 4 heteroatoms. The van der Waals surface area contributed by atoms with Gasteiger partial charge in [-0.2, -0.15) is 0 Å². The van der Waals surface area contributed by atoms with Crippen molar-refractivity contribution in [2.45, 2.75) is 0 Å². The third kappa shape index (κ3) is 1.58. The standard InChI is InChI=1S/C18H14N2O2/c1-20-13-8-4-3-7-12(13)18(21)15-14(22-2)10-11-6-5-9-19-16(11)17(15)20/h3-10H,1-2H3. The first-order valence-electron chi connectivity index (χ1n) is 7.05. The van der Waals surface area contributed by atoms with E-state index in [1.165, 1.54) is 0 Å². The molecule has 4 nitrogen and oxygen atoms in total. The Morgan fingerprint density at radius 1 is 1.14 bits per heavy atom. The number of aromatic nitrogens is 2. The quantitative estimate of drug-likeness (QED) is 0.399. The molecule has 0 unspecified atom stereocenters. The lowest BCUT2D eigenvalue weighted by atomic mass is 10.1. The van der Waals surface area contributed by atoms with Gasteiger partial charge in [0.25, 0.3) is 0 Å². The molecular formula is C18H14N2O2. The van der Waals surface area contributed by atoms with Crippen LogP contribution >= 0.6 is 0 Å². The van der Waals surface area contributed by atoms with Crippen LogP contribution in [0.25, 0.3) is 32.7 Å². The SMILES string of the molecule is COc1cc2cccnc2c2c1c(=O)c1ccccc1n2C. The van der Waals surface area contributed by atoms with Gasteiger partial charge in [-0.15, -0.1) is 0 Å². The van der Waals surface area contributed by atoms with E-state index in [2.05, 4.69) is 4.98 Å². The number of para-hydroxylation sites is 1. The van der Waals surface area contributed by atoms with Crippen molar-refractivity contribution in [2.24, 2.45) is 7.05 Å². The first-order chi connectivity index (χ1) is 10.7. The van der Waals surface area contributed by atoms with Crippen molar-refractivity contribution in [3.63, 3.8) is 0 Å². The summed E-state index contributed by atoms with van der Waals surface area (Å²) in [5.41, 5.74) is 2.48. The molecule has 0 N–H and O–H groups in total. The maximum atomic E-state index is 12.9. The molecule has 2 aromatic heterocycles. The van der Waals surface area contributed by atoms with Gasteiger partial charge in [0.1, 0.15) is 5.75 Å². The largest absolute Gasteiger partial charge is 0.496 e. The molecule has 0 saturated heterocycles. The summed E-state index contributed by atoms with van der Waals surface area (Å²) in [4.78, 5) is 17.4. The average molecular weight is 290 g/mol. The van der Waals surface area contributed by atoms with E-state index in [-0.39, 0.29) is 5.43 Å². The highest BCUT2D eigenvalue weighted by atomic mass is 16.5. The van der Waals surface area contributed by atoms with Gasteiger partial charge in [-0.3, -0.25) is 9.78 Å². The van der Waals surface area contributed by atoms with Crippen LogP contribution < -0.4 is 10.2 Å². The Kier molecular flexibility index (Phi) is 2.66. The van der Waals surface area contributed by atoms with Crippen molar-refractivity contribution in [3.05, 3.63) is 58.9 Å². The lowest BCUT2D eigenvalue weighted by Crippen LogP contribution is -2.11. The third-order valence-electron chi connectivity index (χ3n) is 4.13. The normalized spacial score (nSPS) is 11.4. The predicted octanol–water partition coefficient (Wildman–Crippen LogP) is 3.25. The van der Waals surface area contributed by atoms with Gasteiger partial charge in [0.2, 0.25) is 5.43 Å². The van der Waals surface area contributed by atoms with E-state index >= 15 is 0 Å². The van der Waals surface area contributed by atoms with Crippen LogP contribution in [0.1, 0.15) is 0 Å². The maximum Gasteiger partial charge on any atom is 0.201 e. The summed E-state index contributed by atoms with van der Waals surface area (Å²) in [5, 5.41) is 2.22. The summed E-state index contributed by atoms with van der Waals surface area (Å²) >= 11 is 0. The van der Waals surface area contributed by atoms with Gasteiger partial charge in [-0.05, 0) is 24.3 Å². The molecule has 0 spiro atoms. The van der Waals surface area contributed by atoms with E-state index in [1.54, 1.807) is 13.3 Å². The van der Waals surface area contributed by atoms with Gasteiger partial charge >= 0.3 is 0 Å². The van der Waals surface area contributed by atoms with Crippen LogP contribution in [0, 0.1) is 0 Å². The first-order valence-corrected chi connectivity index (χ1v) is 7.05. The van der Waals surface area contributed by atoms with Gasteiger partial charge in [0.15, 0.2) is 0 Å². The number of fused-ring (bicyclic) bond motifs is 4. The molecule has 22 heavy (non-hydrogen) atoms. The van der Waals surface area contributed by atoms with Gasteiger partial charge in [-0.1, -0.05) is 18.2 Å². The molecule has 0 radical (unpaired) electrons. The highest BCUT2D eigenvalue weighted by Gasteiger charge is 2.16. The maximum absolute atomic E-state index is 12.9. The first kappa shape index (κ1) is 12.8. The van der Waals surface area contributed by atoms with Crippen molar-refractivity contribution in [1.29, 1.82) is 0 Å². The number of nitrogens with zero attached hydrogens (tertiary/aromatic N) is 2. The zero-order valence-electron chi connectivity index (χ0n) is 12.3. The van der Waals surface area contributed by atoms with Crippen LogP contribution in [0.15, 0.2) is 53.5 Å². The zero-order chi connectivity index (χ0) is 15.3. The van der Waals surface area contributed by atoms with Crippen LogP contribution in [0.5, 0.6) is 5.75 Å². The number of aryl methyl sites for hydroxylation is 1. The number of hydrogen-bond donors (Lipinski definition) is 0. The second kappa shape index (κ2) is 4.56. The monoisotopic (exact) mass is 290 g/mol. The Balaban J connectivity index is 2.43. The lowest BCUT2D eigenvalue weighted by molar-refractivity contribution is 0.420. The number of rotatable bonds is 1. The highest BCUT2D eigenvalue weighted by Crippen LogP contribution is 2.31.